The highest BCUT2D eigenvalue weighted by Gasteiger charge is 2.32. The van der Waals surface area contributed by atoms with Gasteiger partial charge in [-0.2, -0.15) is 0 Å². The minimum absolute atomic E-state index is 0.271. The molecule has 2 unspecified atom stereocenters. The molecule has 2 fully saturated rings. The van der Waals surface area contributed by atoms with Crippen LogP contribution in [0, 0.1) is 0 Å². The van der Waals surface area contributed by atoms with E-state index in [1.54, 1.807) is 6.07 Å². The zero-order chi connectivity index (χ0) is 16.2. The molecule has 0 spiro atoms. The molecule has 2 atom stereocenters. The summed E-state index contributed by atoms with van der Waals surface area (Å²) in [6.45, 7) is 5.77. The highest BCUT2D eigenvalue weighted by molar-refractivity contribution is 5.98. The molecular formula is C17H26N4O2. The standard InChI is InChI=1S/C17H26N4O2/c1-20-7-9-21(10-8-20)16-12-23-11-6-15(16)19-14-5-3-2-4-13(14)17(18)22/h2-5,15-16,19H,6-12H2,1H3,(H2,18,22). The molecule has 0 bridgehead atoms. The molecule has 2 aliphatic heterocycles. The van der Waals surface area contributed by atoms with Gasteiger partial charge in [-0.25, -0.2) is 0 Å². The molecule has 2 heterocycles. The monoisotopic (exact) mass is 318 g/mol. The van der Waals surface area contributed by atoms with Gasteiger partial charge in [0, 0.05) is 44.5 Å². The number of hydrogen-bond donors (Lipinski definition) is 2. The number of hydrogen-bond acceptors (Lipinski definition) is 5. The molecule has 1 amide bonds. The summed E-state index contributed by atoms with van der Waals surface area (Å²) in [5.41, 5.74) is 6.87. The molecule has 2 aliphatic rings. The minimum Gasteiger partial charge on any atom is -0.380 e. The summed E-state index contributed by atoms with van der Waals surface area (Å²) >= 11 is 0. The molecule has 2 saturated heterocycles. The molecule has 0 saturated carbocycles. The van der Waals surface area contributed by atoms with E-state index in [4.69, 9.17) is 10.5 Å². The maximum atomic E-state index is 11.6. The predicted molar refractivity (Wildman–Crippen MR) is 90.7 cm³/mol. The Balaban J connectivity index is 1.73. The number of nitrogens with zero attached hydrogens (tertiary/aromatic N) is 2. The second kappa shape index (κ2) is 7.29. The lowest BCUT2D eigenvalue weighted by molar-refractivity contribution is -0.00520. The van der Waals surface area contributed by atoms with Crippen LogP contribution in [0.2, 0.25) is 0 Å². The van der Waals surface area contributed by atoms with Crippen molar-refractivity contribution in [2.45, 2.75) is 18.5 Å². The number of nitrogens with one attached hydrogen (secondary N) is 1. The Labute approximate surface area is 137 Å². The van der Waals surface area contributed by atoms with Crippen molar-refractivity contribution in [1.82, 2.24) is 9.80 Å². The van der Waals surface area contributed by atoms with Crippen LogP contribution in [0.4, 0.5) is 5.69 Å². The topological polar surface area (TPSA) is 70.8 Å². The maximum absolute atomic E-state index is 11.6. The Hall–Kier alpha value is -1.63. The highest BCUT2D eigenvalue weighted by Crippen LogP contribution is 2.23. The number of carbonyl (C=O) groups excluding carboxylic acids is 1. The third-order valence-corrected chi connectivity index (χ3v) is 4.87. The van der Waals surface area contributed by atoms with Crippen LogP contribution in [-0.4, -0.2) is 74.2 Å². The Morgan fingerprint density at radius 3 is 2.74 bits per heavy atom. The first kappa shape index (κ1) is 16.2. The summed E-state index contributed by atoms with van der Waals surface area (Å²) in [5, 5.41) is 3.55. The van der Waals surface area contributed by atoms with Crippen molar-refractivity contribution in [1.29, 1.82) is 0 Å². The van der Waals surface area contributed by atoms with E-state index in [0.29, 0.717) is 11.6 Å². The molecule has 0 radical (unpaired) electrons. The third kappa shape index (κ3) is 3.83. The van der Waals surface area contributed by atoms with Crippen molar-refractivity contribution < 1.29 is 9.53 Å². The van der Waals surface area contributed by atoms with Gasteiger partial charge in [0.05, 0.1) is 18.2 Å². The van der Waals surface area contributed by atoms with E-state index in [1.807, 2.05) is 18.2 Å². The average Bonchev–Trinajstić information content (AvgIpc) is 2.56. The van der Waals surface area contributed by atoms with Gasteiger partial charge in [-0.15, -0.1) is 0 Å². The van der Waals surface area contributed by atoms with E-state index in [1.165, 1.54) is 0 Å². The van der Waals surface area contributed by atoms with Gasteiger partial charge in [-0.3, -0.25) is 9.69 Å². The van der Waals surface area contributed by atoms with Gasteiger partial charge in [0.15, 0.2) is 0 Å². The molecule has 3 N–H and O–H groups in total. The number of ether oxygens (including phenoxy) is 1. The Kier molecular flexibility index (Phi) is 5.15. The number of likely N-dealkylation sites (N-methyl/N-ethyl adjacent to an activating group) is 1. The van der Waals surface area contributed by atoms with Crippen LogP contribution in [-0.2, 0) is 4.74 Å². The van der Waals surface area contributed by atoms with Crippen molar-refractivity contribution in [3.05, 3.63) is 29.8 Å². The number of benzene rings is 1. The fraction of sp³-hybridized carbons (Fsp3) is 0.588. The summed E-state index contributed by atoms with van der Waals surface area (Å²) in [7, 11) is 2.16. The number of amides is 1. The second-order valence-electron chi connectivity index (χ2n) is 6.43. The fourth-order valence-corrected chi connectivity index (χ4v) is 3.43. The van der Waals surface area contributed by atoms with Crippen LogP contribution < -0.4 is 11.1 Å². The largest absolute Gasteiger partial charge is 0.380 e. The van der Waals surface area contributed by atoms with E-state index < -0.39 is 5.91 Å². The van der Waals surface area contributed by atoms with Gasteiger partial charge in [0.25, 0.3) is 5.91 Å². The summed E-state index contributed by atoms with van der Waals surface area (Å²) in [6.07, 6.45) is 0.935. The first-order chi connectivity index (χ1) is 11.1. The number of nitrogens with two attached hydrogens (primary N) is 1. The van der Waals surface area contributed by atoms with E-state index in [-0.39, 0.29) is 6.04 Å². The third-order valence-electron chi connectivity index (χ3n) is 4.87. The average molecular weight is 318 g/mol. The van der Waals surface area contributed by atoms with Gasteiger partial charge in [0.1, 0.15) is 0 Å². The van der Waals surface area contributed by atoms with Gasteiger partial charge in [-0.1, -0.05) is 12.1 Å². The Morgan fingerprint density at radius 2 is 2.00 bits per heavy atom. The second-order valence-corrected chi connectivity index (χ2v) is 6.43. The van der Waals surface area contributed by atoms with Crippen molar-refractivity contribution in [2.24, 2.45) is 5.73 Å². The highest BCUT2D eigenvalue weighted by atomic mass is 16.5. The van der Waals surface area contributed by atoms with E-state index >= 15 is 0 Å². The van der Waals surface area contributed by atoms with E-state index in [9.17, 15) is 4.79 Å². The lowest BCUT2D eigenvalue weighted by Gasteiger charge is -2.43. The van der Waals surface area contributed by atoms with Crippen molar-refractivity contribution in [2.75, 3.05) is 51.8 Å². The quantitative estimate of drug-likeness (QED) is 0.851. The van der Waals surface area contributed by atoms with Crippen LogP contribution in [0.5, 0.6) is 0 Å². The van der Waals surface area contributed by atoms with Gasteiger partial charge in [0.2, 0.25) is 0 Å². The van der Waals surface area contributed by atoms with Crippen LogP contribution >= 0.6 is 0 Å². The van der Waals surface area contributed by atoms with Crippen LogP contribution in [0.25, 0.3) is 0 Å². The number of anilines is 1. The molecular weight excluding hydrogens is 292 g/mol. The molecule has 3 rings (SSSR count). The zero-order valence-electron chi connectivity index (χ0n) is 13.7. The van der Waals surface area contributed by atoms with Crippen LogP contribution in [0.1, 0.15) is 16.8 Å². The number of rotatable bonds is 4. The fourth-order valence-electron chi connectivity index (χ4n) is 3.43. The molecule has 1 aromatic rings. The number of piperazine rings is 1. The molecule has 6 heteroatoms. The summed E-state index contributed by atoms with van der Waals surface area (Å²) < 4.78 is 5.72. The zero-order valence-corrected chi connectivity index (χ0v) is 13.7. The normalized spacial score (nSPS) is 26.8. The molecule has 23 heavy (non-hydrogen) atoms. The Bertz CT molecular complexity index is 543. The van der Waals surface area contributed by atoms with Gasteiger partial charge < -0.3 is 20.7 Å². The van der Waals surface area contributed by atoms with E-state index in [0.717, 1.165) is 51.5 Å². The first-order valence-electron chi connectivity index (χ1n) is 8.31. The van der Waals surface area contributed by atoms with Crippen LogP contribution in [0.3, 0.4) is 0 Å². The molecule has 6 nitrogen and oxygen atoms in total. The Morgan fingerprint density at radius 1 is 1.26 bits per heavy atom. The van der Waals surface area contributed by atoms with Crippen molar-refractivity contribution in [3.8, 4) is 0 Å². The molecule has 0 aliphatic carbocycles. The smallest absolute Gasteiger partial charge is 0.250 e. The number of primary amides is 1. The molecule has 1 aromatic carbocycles. The van der Waals surface area contributed by atoms with Crippen LogP contribution in [0.15, 0.2) is 24.3 Å². The van der Waals surface area contributed by atoms with Crippen molar-refractivity contribution in [3.63, 3.8) is 0 Å². The SMILES string of the molecule is CN1CCN(C2COCCC2Nc2ccccc2C(N)=O)CC1. The minimum atomic E-state index is -0.392. The lowest BCUT2D eigenvalue weighted by Crippen LogP contribution is -2.58. The van der Waals surface area contributed by atoms with Gasteiger partial charge in [-0.05, 0) is 25.6 Å². The van der Waals surface area contributed by atoms with Gasteiger partial charge >= 0.3 is 0 Å². The number of carbonyl (C=O) groups is 1. The summed E-state index contributed by atoms with van der Waals surface area (Å²) in [4.78, 5) is 16.5. The summed E-state index contributed by atoms with van der Waals surface area (Å²) in [5.74, 6) is -0.392. The summed E-state index contributed by atoms with van der Waals surface area (Å²) in [6, 6.07) is 8.07. The number of para-hydroxylation sites is 1. The van der Waals surface area contributed by atoms with Crippen molar-refractivity contribution >= 4 is 11.6 Å². The molecule has 126 valence electrons. The maximum Gasteiger partial charge on any atom is 0.250 e. The lowest BCUT2D eigenvalue weighted by atomic mass is 9.99. The van der Waals surface area contributed by atoms with E-state index in [2.05, 4.69) is 22.2 Å². The molecule has 0 aromatic heterocycles. The predicted octanol–water partition coefficient (Wildman–Crippen LogP) is 0.602. The first-order valence-corrected chi connectivity index (χ1v) is 8.31.